The Morgan fingerprint density at radius 3 is 2.50 bits per heavy atom. The molecule has 0 bridgehead atoms. The summed E-state index contributed by atoms with van der Waals surface area (Å²) in [5.41, 5.74) is 1.86. The van der Waals surface area contributed by atoms with Crippen LogP contribution in [0, 0.1) is 0 Å². The molecule has 3 aromatic rings. The molecule has 0 spiro atoms. The quantitative estimate of drug-likeness (QED) is 0.680. The fraction of sp³-hybridized carbons (Fsp3) is 0.111. The zero-order valence-electron chi connectivity index (χ0n) is 13.8. The fourth-order valence-electron chi connectivity index (χ4n) is 2.28. The van der Waals surface area contributed by atoms with Gasteiger partial charge in [0.05, 0.1) is 30.0 Å². The maximum absolute atomic E-state index is 12.0. The van der Waals surface area contributed by atoms with Crippen molar-refractivity contribution in [1.82, 2.24) is 10.2 Å². The largest absolute Gasteiger partial charge is 0.465 e. The minimum Gasteiger partial charge on any atom is -0.465 e. The molecule has 0 saturated carbocycles. The first-order chi connectivity index (χ1) is 12.6. The van der Waals surface area contributed by atoms with Gasteiger partial charge in [-0.15, -0.1) is 0 Å². The Morgan fingerprint density at radius 1 is 1.04 bits per heavy atom. The molecule has 1 aromatic heterocycles. The molecule has 0 aliphatic rings. The number of rotatable bonds is 5. The number of nitrogens with zero attached hydrogens (tertiary/aromatic N) is 1. The van der Waals surface area contributed by atoms with Crippen LogP contribution in [0.15, 0.2) is 48.7 Å². The van der Waals surface area contributed by atoms with Gasteiger partial charge in [-0.3, -0.25) is 9.89 Å². The second kappa shape index (κ2) is 7.47. The van der Waals surface area contributed by atoms with Gasteiger partial charge in [-0.2, -0.15) is 5.10 Å². The summed E-state index contributed by atoms with van der Waals surface area (Å²) >= 11 is 0. The van der Waals surface area contributed by atoms with E-state index >= 15 is 0 Å². The number of hydrogen-bond donors (Lipinski definition) is 2. The molecule has 0 aliphatic carbocycles. The Kier molecular flexibility index (Phi) is 4.93. The Hall–Kier alpha value is -3.68. The zero-order valence-corrected chi connectivity index (χ0v) is 13.8. The van der Waals surface area contributed by atoms with Crippen molar-refractivity contribution in [2.24, 2.45) is 0 Å². The van der Waals surface area contributed by atoms with Gasteiger partial charge in [0.15, 0.2) is 6.61 Å². The van der Waals surface area contributed by atoms with Crippen LogP contribution < -0.4 is 5.32 Å². The molecule has 0 atom stereocenters. The number of H-pyrrole nitrogens is 1. The molecule has 26 heavy (non-hydrogen) atoms. The maximum atomic E-state index is 12.0. The minimum atomic E-state index is -0.613. The van der Waals surface area contributed by atoms with Crippen molar-refractivity contribution in [1.29, 1.82) is 0 Å². The highest BCUT2D eigenvalue weighted by atomic mass is 16.5. The number of carbonyl (C=O) groups excluding carboxylic acids is 3. The van der Waals surface area contributed by atoms with Crippen LogP contribution in [0.3, 0.4) is 0 Å². The summed E-state index contributed by atoms with van der Waals surface area (Å²) < 4.78 is 9.60. The van der Waals surface area contributed by atoms with E-state index in [2.05, 4.69) is 20.3 Å². The van der Waals surface area contributed by atoms with Crippen molar-refractivity contribution in [2.75, 3.05) is 19.0 Å². The number of anilines is 1. The first kappa shape index (κ1) is 17.2. The summed E-state index contributed by atoms with van der Waals surface area (Å²) in [7, 11) is 1.29. The predicted octanol–water partition coefficient (Wildman–Crippen LogP) is 2.14. The molecule has 3 rings (SSSR count). The number of esters is 2. The van der Waals surface area contributed by atoms with Crippen molar-refractivity contribution >= 4 is 34.4 Å². The number of amides is 1. The third-order valence-corrected chi connectivity index (χ3v) is 3.60. The van der Waals surface area contributed by atoms with Gasteiger partial charge in [-0.05, 0) is 36.4 Å². The molecule has 0 fully saturated rings. The Morgan fingerprint density at radius 2 is 1.77 bits per heavy atom. The summed E-state index contributed by atoms with van der Waals surface area (Å²) in [4.78, 5) is 35.3. The molecule has 132 valence electrons. The van der Waals surface area contributed by atoms with Crippen molar-refractivity contribution in [3.8, 4) is 0 Å². The number of aromatic amines is 1. The van der Waals surface area contributed by atoms with E-state index in [1.807, 2.05) is 0 Å². The molecule has 0 saturated heterocycles. The van der Waals surface area contributed by atoms with Gasteiger partial charge in [0.25, 0.3) is 5.91 Å². The van der Waals surface area contributed by atoms with Gasteiger partial charge in [-0.1, -0.05) is 6.07 Å². The molecule has 2 N–H and O–H groups in total. The number of methoxy groups -OCH3 is 1. The van der Waals surface area contributed by atoms with E-state index in [1.165, 1.54) is 19.2 Å². The van der Waals surface area contributed by atoms with E-state index < -0.39 is 24.5 Å². The molecule has 8 heteroatoms. The normalized spacial score (nSPS) is 10.3. The number of hydrogen-bond acceptors (Lipinski definition) is 6. The maximum Gasteiger partial charge on any atom is 0.338 e. The summed E-state index contributed by atoms with van der Waals surface area (Å²) in [6, 6.07) is 11.1. The Balaban J connectivity index is 1.54. The number of aromatic nitrogens is 2. The summed E-state index contributed by atoms with van der Waals surface area (Å²) in [6.07, 6.45) is 1.64. The van der Waals surface area contributed by atoms with E-state index in [0.29, 0.717) is 22.3 Å². The number of fused-ring (bicyclic) bond motifs is 1. The second-order valence-corrected chi connectivity index (χ2v) is 5.37. The van der Waals surface area contributed by atoms with Crippen LogP contribution in [0.4, 0.5) is 5.69 Å². The van der Waals surface area contributed by atoms with Gasteiger partial charge in [0.1, 0.15) is 0 Å². The third-order valence-electron chi connectivity index (χ3n) is 3.60. The molecule has 0 aliphatic heterocycles. The van der Waals surface area contributed by atoms with Gasteiger partial charge in [0.2, 0.25) is 0 Å². The summed E-state index contributed by atoms with van der Waals surface area (Å²) in [6.45, 7) is -0.432. The topological polar surface area (TPSA) is 110 Å². The van der Waals surface area contributed by atoms with Crippen LogP contribution in [-0.2, 0) is 14.3 Å². The van der Waals surface area contributed by atoms with Crippen LogP contribution in [0.1, 0.15) is 20.7 Å². The first-order valence-electron chi connectivity index (χ1n) is 7.65. The summed E-state index contributed by atoms with van der Waals surface area (Å²) in [5, 5.41) is 10.1. The molecule has 8 nitrogen and oxygen atoms in total. The Labute approximate surface area is 148 Å². The van der Waals surface area contributed by atoms with Crippen LogP contribution >= 0.6 is 0 Å². The van der Waals surface area contributed by atoms with E-state index in [4.69, 9.17) is 4.74 Å². The molecule has 1 heterocycles. The average Bonchev–Trinajstić information content (AvgIpc) is 3.13. The highest BCUT2D eigenvalue weighted by molar-refractivity contribution is 5.97. The minimum absolute atomic E-state index is 0.317. The second-order valence-electron chi connectivity index (χ2n) is 5.37. The van der Waals surface area contributed by atoms with Crippen molar-refractivity contribution in [3.05, 3.63) is 59.8 Å². The zero-order chi connectivity index (χ0) is 18.5. The van der Waals surface area contributed by atoms with Gasteiger partial charge in [-0.25, -0.2) is 9.59 Å². The number of nitrogens with one attached hydrogen (secondary N) is 2. The first-order valence-corrected chi connectivity index (χ1v) is 7.65. The molecule has 0 unspecified atom stereocenters. The van der Waals surface area contributed by atoms with Crippen LogP contribution in [0.25, 0.3) is 10.9 Å². The lowest BCUT2D eigenvalue weighted by atomic mass is 10.2. The van der Waals surface area contributed by atoms with Crippen molar-refractivity contribution in [2.45, 2.75) is 0 Å². The van der Waals surface area contributed by atoms with Gasteiger partial charge >= 0.3 is 11.9 Å². The highest BCUT2D eigenvalue weighted by Crippen LogP contribution is 2.14. The third kappa shape index (κ3) is 3.86. The van der Waals surface area contributed by atoms with Crippen molar-refractivity contribution in [3.63, 3.8) is 0 Å². The molecule has 2 aromatic carbocycles. The van der Waals surface area contributed by atoms with E-state index in [-0.39, 0.29) is 0 Å². The average molecular weight is 353 g/mol. The van der Waals surface area contributed by atoms with E-state index in [9.17, 15) is 14.4 Å². The standard InChI is InChI=1S/C18H15N3O5/c1-25-17(23)11-4-6-14(7-5-11)20-16(22)10-26-18(24)12-2-3-13-9-19-21-15(13)8-12/h2-9H,10H2,1H3,(H,19,21)(H,20,22). The number of carbonyl (C=O) groups is 3. The van der Waals surface area contributed by atoms with Crippen molar-refractivity contribution < 1.29 is 23.9 Å². The number of benzene rings is 2. The molecular weight excluding hydrogens is 338 g/mol. The Bertz CT molecular complexity index is 962. The lowest BCUT2D eigenvalue weighted by Crippen LogP contribution is -2.21. The molecule has 1 amide bonds. The van der Waals surface area contributed by atoms with Crippen LogP contribution in [0.2, 0.25) is 0 Å². The summed E-state index contributed by atoms with van der Waals surface area (Å²) in [5.74, 6) is -1.57. The number of ether oxygens (including phenoxy) is 2. The van der Waals surface area contributed by atoms with Crippen LogP contribution in [0.5, 0.6) is 0 Å². The monoisotopic (exact) mass is 353 g/mol. The van der Waals surface area contributed by atoms with Gasteiger partial charge < -0.3 is 14.8 Å². The lowest BCUT2D eigenvalue weighted by Gasteiger charge is -2.07. The fourth-order valence-corrected chi connectivity index (χ4v) is 2.28. The smallest absolute Gasteiger partial charge is 0.338 e. The predicted molar refractivity (Wildman–Crippen MR) is 92.8 cm³/mol. The van der Waals surface area contributed by atoms with Gasteiger partial charge in [0, 0.05) is 11.1 Å². The SMILES string of the molecule is COC(=O)c1ccc(NC(=O)COC(=O)c2ccc3cn[nH]c3c2)cc1. The highest BCUT2D eigenvalue weighted by Gasteiger charge is 2.12. The van der Waals surface area contributed by atoms with E-state index in [0.717, 1.165) is 5.39 Å². The van der Waals surface area contributed by atoms with E-state index in [1.54, 1.807) is 36.5 Å². The molecular formula is C18H15N3O5. The lowest BCUT2D eigenvalue weighted by molar-refractivity contribution is -0.119. The van der Waals surface area contributed by atoms with Crippen LogP contribution in [-0.4, -0.2) is 41.8 Å². The molecule has 0 radical (unpaired) electrons.